The van der Waals surface area contributed by atoms with Gasteiger partial charge in [-0.3, -0.25) is 0 Å². The van der Waals surface area contributed by atoms with Crippen molar-refractivity contribution < 1.29 is 4.42 Å². The molecule has 0 saturated heterocycles. The van der Waals surface area contributed by atoms with E-state index in [1.54, 1.807) is 0 Å². The second kappa shape index (κ2) is 12.5. The van der Waals surface area contributed by atoms with Gasteiger partial charge in [0.25, 0.3) is 0 Å². The van der Waals surface area contributed by atoms with Crippen molar-refractivity contribution in [3.05, 3.63) is 200 Å². The molecule has 2 nitrogen and oxygen atoms in total. The van der Waals surface area contributed by atoms with Gasteiger partial charge in [-0.2, -0.15) is 0 Å². The molecule has 2 heteroatoms. The molecule has 0 fully saturated rings. The maximum Gasteiger partial charge on any atom is 0.137 e. The molecule has 0 saturated carbocycles. The first-order chi connectivity index (χ1) is 25.8. The van der Waals surface area contributed by atoms with E-state index in [0.717, 1.165) is 39.0 Å². The predicted molar refractivity (Wildman–Crippen MR) is 220 cm³/mol. The Labute approximate surface area is 302 Å². The molecule has 1 heterocycles. The number of hydrogen-bond donors (Lipinski definition) is 0. The second-order valence-electron chi connectivity index (χ2n) is 13.4. The molecule has 10 aromatic rings. The van der Waals surface area contributed by atoms with E-state index in [9.17, 15) is 0 Å². The Morgan fingerprint density at radius 1 is 0.308 bits per heavy atom. The molecule has 0 aliphatic heterocycles. The fraction of sp³-hybridized carbons (Fsp3) is 0. The highest BCUT2D eigenvalue weighted by Crippen LogP contribution is 2.43. The molecule has 244 valence electrons. The fourth-order valence-electron chi connectivity index (χ4n) is 7.69. The number of nitrogens with zero attached hydrogens (tertiary/aromatic N) is 1. The lowest BCUT2D eigenvalue weighted by Gasteiger charge is -2.26. The Hall–Kier alpha value is -6.90. The van der Waals surface area contributed by atoms with Gasteiger partial charge in [0.15, 0.2) is 0 Å². The van der Waals surface area contributed by atoms with Crippen molar-refractivity contribution in [3.63, 3.8) is 0 Å². The van der Waals surface area contributed by atoms with Crippen molar-refractivity contribution in [2.24, 2.45) is 0 Å². The van der Waals surface area contributed by atoms with Crippen LogP contribution in [0.4, 0.5) is 17.1 Å². The number of benzene rings is 9. The summed E-state index contributed by atoms with van der Waals surface area (Å²) in [5.41, 5.74) is 12.1. The molecule has 10 rings (SSSR count). The van der Waals surface area contributed by atoms with Crippen LogP contribution in [-0.4, -0.2) is 0 Å². The number of hydrogen-bond acceptors (Lipinski definition) is 2. The molecule has 0 N–H and O–H groups in total. The average Bonchev–Trinajstić information content (AvgIpc) is 3.60. The predicted octanol–water partition coefficient (Wildman–Crippen LogP) is 14.4. The first kappa shape index (κ1) is 30.0. The molecule has 0 aliphatic rings. The summed E-state index contributed by atoms with van der Waals surface area (Å²) < 4.78 is 6.76. The summed E-state index contributed by atoms with van der Waals surface area (Å²) in [6.45, 7) is 0. The van der Waals surface area contributed by atoms with Crippen molar-refractivity contribution in [3.8, 4) is 33.4 Å². The first-order valence-corrected chi connectivity index (χ1v) is 17.8. The third-order valence-corrected chi connectivity index (χ3v) is 10.2. The third-order valence-electron chi connectivity index (χ3n) is 10.2. The zero-order chi connectivity index (χ0) is 34.4. The normalized spacial score (nSPS) is 11.5. The van der Waals surface area contributed by atoms with Gasteiger partial charge in [0, 0.05) is 33.9 Å². The topological polar surface area (TPSA) is 16.4 Å². The van der Waals surface area contributed by atoms with E-state index < -0.39 is 0 Å². The van der Waals surface area contributed by atoms with E-state index in [4.69, 9.17) is 4.42 Å². The molecular weight excluding hydrogens is 631 g/mol. The zero-order valence-electron chi connectivity index (χ0n) is 28.4. The molecule has 1 aromatic heterocycles. The molecule has 0 spiro atoms. The van der Waals surface area contributed by atoms with Crippen LogP contribution < -0.4 is 4.90 Å². The van der Waals surface area contributed by atoms with Crippen LogP contribution in [0.3, 0.4) is 0 Å². The number of rotatable bonds is 6. The van der Waals surface area contributed by atoms with E-state index in [2.05, 4.69) is 205 Å². The van der Waals surface area contributed by atoms with E-state index >= 15 is 0 Å². The summed E-state index contributed by atoms with van der Waals surface area (Å²) >= 11 is 0. The van der Waals surface area contributed by atoms with Crippen LogP contribution in [0.2, 0.25) is 0 Å². The van der Waals surface area contributed by atoms with Crippen molar-refractivity contribution in [2.45, 2.75) is 0 Å². The summed E-state index contributed by atoms with van der Waals surface area (Å²) in [4.78, 5) is 2.33. The van der Waals surface area contributed by atoms with Crippen molar-refractivity contribution >= 4 is 60.5 Å². The molecule has 0 unspecified atom stereocenters. The molecule has 0 radical (unpaired) electrons. The maximum absolute atomic E-state index is 6.76. The van der Waals surface area contributed by atoms with E-state index in [-0.39, 0.29) is 0 Å². The summed E-state index contributed by atoms with van der Waals surface area (Å²) in [6, 6.07) is 71.5. The Morgan fingerprint density at radius 2 is 0.827 bits per heavy atom. The van der Waals surface area contributed by atoms with Crippen molar-refractivity contribution in [2.75, 3.05) is 4.90 Å². The molecule has 0 amide bonds. The maximum atomic E-state index is 6.76. The van der Waals surface area contributed by atoms with Crippen LogP contribution in [0.15, 0.2) is 205 Å². The van der Waals surface area contributed by atoms with Gasteiger partial charge in [-0.25, -0.2) is 0 Å². The summed E-state index contributed by atoms with van der Waals surface area (Å²) in [7, 11) is 0. The molecule has 0 atom stereocenters. The smallest absolute Gasteiger partial charge is 0.137 e. The van der Waals surface area contributed by atoms with Crippen LogP contribution in [0.5, 0.6) is 0 Å². The molecular formula is C50H33NO. The second-order valence-corrected chi connectivity index (χ2v) is 13.4. The SMILES string of the molecule is c1ccc(-c2ccc(N(c3ccc4cc(-c5ccccc5)ccc4c3)c3ccc4c(c3)oc3cc(-c5ccccc5)c5ccccc5c34)cc2)cc1. The number of fused-ring (bicyclic) bond motifs is 6. The average molecular weight is 664 g/mol. The third kappa shape index (κ3) is 5.21. The standard InChI is InChI=1S/C50H33NO/c1-4-12-34(13-5-1)36-22-25-41(26-23-36)51(42-27-24-39-30-38(20-21-40(39)31-42)35-14-6-2-7-15-35)43-28-29-46-48(32-43)52-49-33-47(37-16-8-3-9-17-37)44-18-10-11-19-45(44)50(46)49/h1-33H. The molecule has 9 aromatic carbocycles. The Morgan fingerprint density at radius 3 is 1.56 bits per heavy atom. The van der Waals surface area contributed by atoms with E-state index in [1.807, 2.05) is 0 Å². The molecule has 0 bridgehead atoms. The van der Waals surface area contributed by atoms with Gasteiger partial charge < -0.3 is 9.32 Å². The van der Waals surface area contributed by atoms with Gasteiger partial charge in [-0.1, -0.05) is 146 Å². The van der Waals surface area contributed by atoms with Crippen LogP contribution in [-0.2, 0) is 0 Å². The quantitative estimate of drug-likeness (QED) is 0.176. The number of furan rings is 1. The minimum absolute atomic E-state index is 0.863. The number of anilines is 3. The summed E-state index contributed by atoms with van der Waals surface area (Å²) in [6.07, 6.45) is 0. The Kier molecular flexibility index (Phi) is 7.18. The zero-order valence-corrected chi connectivity index (χ0v) is 28.4. The highest BCUT2D eigenvalue weighted by atomic mass is 16.3. The summed E-state index contributed by atoms with van der Waals surface area (Å²) in [5.74, 6) is 0. The largest absolute Gasteiger partial charge is 0.456 e. The fourth-order valence-corrected chi connectivity index (χ4v) is 7.69. The first-order valence-electron chi connectivity index (χ1n) is 17.8. The van der Waals surface area contributed by atoms with Gasteiger partial charge >= 0.3 is 0 Å². The molecule has 52 heavy (non-hydrogen) atoms. The monoisotopic (exact) mass is 663 g/mol. The van der Waals surface area contributed by atoms with Crippen LogP contribution in [0, 0.1) is 0 Å². The van der Waals surface area contributed by atoms with Gasteiger partial charge in [0.05, 0.1) is 0 Å². The minimum atomic E-state index is 0.863. The van der Waals surface area contributed by atoms with Gasteiger partial charge in [0.2, 0.25) is 0 Å². The minimum Gasteiger partial charge on any atom is -0.456 e. The highest BCUT2D eigenvalue weighted by Gasteiger charge is 2.19. The van der Waals surface area contributed by atoms with Gasteiger partial charge in [0.1, 0.15) is 11.2 Å². The van der Waals surface area contributed by atoms with Crippen LogP contribution in [0.25, 0.3) is 76.9 Å². The summed E-state index contributed by atoms with van der Waals surface area (Å²) in [5, 5.41) is 7.07. The Bertz CT molecular complexity index is 2870. The van der Waals surface area contributed by atoms with Crippen molar-refractivity contribution in [1.82, 2.24) is 0 Å². The van der Waals surface area contributed by atoms with E-state index in [0.29, 0.717) is 0 Å². The van der Waals surface area contributed by atoms with Gasteiger partial charge in [-0.05, 0) is 103 Å². The van der Waals surface area contributed by atoms with E-state index in [1.165, 1.54) is 54.9 Å². The Balaban J connectivity index is 1.13. The molecule has 0 aliphatic carbocycles. The van der Waals surface area contributed by atoms with Gasteiger partial charge in [-0.15, -0.1) is 0 Å². The van der Waals surface area contributed by atoms with Crippen molar-refractivity contribution in [1.29, 1.82) is 0 Å². The highest BCUT2D eigenvalue weighted by molar-refractivity contribution is 6.22. The lowest BCUT2D eigenvalue weighted by atomic mass is 9.95. The van der Waals surface area contributed by atoms with Crippen LogP contribution in [0.1, 0.15) is 0 Å². The van der Waals surface area contributed by atoms with Crippen LogP contribution >= 0.6 is 0 Å². The lowest BCUT2D eigenvalue weighted by molar-refractivity contribution is 0.669. The lowest BCUT2D eigenvalue weighted by Crippen LogP contribution is -2.09.